The molecule has 2 fully saturated rings. The SMILES string of the molecule is CCC(C)(C)O.CSCCNCc1ccccc1CNCCSC.C[S-].O=C1OCCN1Cc1ccccc1CN1CCOC1=O.[Na+]. The van der Waals surface area contributed by atoms with Crippen molar-refractivity contribution in [1.82, 2.24) is 20.4 Å². The molecule has 2 aliphatic rings. The predicted molar refractivity (Wildman–Crippen MR) is 196 cm³/mol. The van der Waals surface area contributed by atoms with Gasteiger partial charge in [0.1, 0.15) is 13.2 Å². The van der Waals surface area contributed by atoms with Crippen LogP contribution >= 0.6 is 23.5 Å². The molecule has 2 aliphatic heterocycles. The van der Waals surface area contributed by atoms with Crippen molar-refractivity contribution in [3.05, 3.63) is 70.8 Å². The minimum absolute atomic E-state index is 0. The van der Waals surface area contributed by atoms with Gasteiger partial charge in [-0.1, -0.05) is 55.5 Å². The third kappa shape index (κ3) is 20.2. The van der Waals surface area contributed by atoms with Gasteiger partial charge in [0.15, 0.2) is 0 Å². The van der Waals surface area contributed by atoms with Crippen molar-refractivity contribution >= 4 is 48.3 Å². The van der Waals surface area contributed by atoms with E-state index in [1.54, 1.807) is 29.9 Å². The van der Waals surface area contributed by atoms with Crippen LogP contribution in [0.3, 0.4) is 0 Å². The third-order valence-corrected chi connectivity index (χ3v) is 8.34. The van der Waals surface area contributed by atoms with Gasteiger partial charge in [0.25, 0.3) is 0 Å². The summed E-state index contributed by atoms with van der Waals surface area (Å²) in [5.74, 6) is 2.35. The summed E-state index contributed by atoms with van der Waals surface area (Å²) >= 11 is 7.85. The first kappa shape index (κ1) is 45.9. The largest absolute Gasteiger partial charge is 1.00 e. The molecule has 2 aromatic carbocycles. The number of thioether (sulfide) groups is 2. The van der Waals surface area contributed by atoms with Gasteiger partial charge in [0, 0.05) is 50.8 Å². The van der Waals surface area contributed by atoms with E-state index in [4.69, 9.17) is 14.6 Å². The zero-order valence-corrected chi connectivity index (χ0v) is 34.0. The Bertz CT molecular complexity index is 1050. The maximum atomic E-state index is 11.5. The van der Waals surface area contributed by atoms with E-state index in [0.717, 1.165) is 43.7 Å². The molecule has 13 heteroatoms. The summed E-state index contributed by atoms with van der Waals surface area (Å²) in [5, 5.41) is 15.8. The molecule has 9 nitrogen and oxygen atoms in total. The smallest absolute Gasteiger partial charge is 0.796 e. The Morgan fingerprint density at radius 3 is 1.38 bits per heavy atom. The van der Waals surface area contributed by atoms with E-state index in [1.807, 2.05) is 54.7 Å². The van der Waals surface area contributed by atoms with Crippen LogP contribution in [0.25, 0.3) is 0 Å². The Morgan fingerprint density at radius 1 is 0.766 bits per heavy atom. The van der Waals surface area contributed by atoms with E-state index >= 15 is 0 Å². The monoisotopic (exact) mass is 718 g/mol. The molecule has 0 saturated carbocycles. The summed E-state index contributed by atoms with van der Waals surface area (Å²) in [6, 6.07) is 16.5. The van der Waals surface area contributed by atoms with E-state index in [2.05, 4.69) is 60.0 Å². The molecule has 2 amide bonds. The summed E-state index contributed by atoms with van der Waals surface area (Å²) in [4.78, 5) is 26.3. The van der Waals surface area contributed by atoms with Gasteiger partial charge in [-0.2, -0.15) is 29.8 Å². The molecule has 4 rings (SSSR count). The van der Waals surface area contributed by atoms with E-state index in [-0.39, 0.29) is 41.7 Å². The number of carbonyl (C=O) groups excluding carboxylic acids is 2. The Hall–Kier alpha value is -1.09. The third-order valence-electron chi connectivity index (χ3n) is 7.11. The number of nitrogens with zero attached hydrogens (tertiary/aromatic N) is 2. The Morgan fingerprint density at radius 2 is 1.11 bits per heavy atom. The number of hydrogen-bond acceptors (Lipinski definition) is 10. The molecule has 0 aromatic heterocycles. The molecule has 0 atom stereocenters. The molecule has 0 unspecified atom stereocenters. The molecular weight excluding hydrogens is 664 g/mol. The number of carbonyl (C=O) groups is 2. The second kappa shape index (κ2) is 27.7. The van der Waals surface area contributed by atoms with Crippen LogP contribution in [0.4, 0.5) is 9.59 Å². The van der Waals surface area contributed by atoms with Crippen molar-refractivity contribution < 1.29 is 53.7 Å². The van der Waals surface area contributed by atoms with Gasteiger partial charge in [0.05, 0.1) is 18.7 Å². The first-order chi connectivity index (χ1) is 22.2. The zero-order chi connectivity index (χ0) is 34.2. The van der Waals surface area contributed by atoms with Crippen molar-refractivity contribution in [1.29, 1.82) is 0 Å². The second-order valence-electron chi connectivity index (χ2n) is 11.1. The maximum absolute atomic E-state index is 11.5. The van der Waals surface area contributed by atoms with Crippen LogP contribution in [0.15, 0.2) is 48.5 Å². The molecule has 2 aromatic rings. The molecule has 260 valence electrons. The van der Waals surface area contributed by atoms with Crippen LogP contribution in [0.5, 0.6) is 0 Å². The molecule has 0 aliphatic carbocycles. The molecule has 47 heavy (non-hydrogen) atoms. The number of hydrogen-bond donors (Lipinski definition) is 3. The number of amides is 2. The van der Waals surface area contributed by atoms with Crippen LogP contribution in [0.2, 0.25) is 0 Å². The van der Waals surface area contributed by atoms with Crippen LogP contribution in [-0.4, -0.2) is 102 Å². The number of benzene rings is 2. The molecular formula is C34H55N4NaO5S3. The molecule has 2 heterocycles. The van der Waals surface area contributed by atoms with E-state index < -0.39 is 5.60 Å². The van der Waals surface area contributed by atoms with E-state index in [9.17, 15) is 9.59 Å². The minimum Gasteiger partial charge on any atom is -0.796 e. The van der Waals surface area contributed by atoms with Crippen LogP contribution in [0, 0.1) is 0 Å². The normalized spacial score (nSPS) is 13.6. The summed E-state index contributed by atoms with van der Waals surface area (Å²) in [5.41, 5.74) is 4.43. The van der Waals surface area contributed by atoms with Crippen molar-refractivity contribution in [3.8, 4) is 0 Å². The zero-order valence-electron chi connectivity index (χ0n) is 29.5. The number of ether oxygens (including phenoxy) is 2. The van der Waals surface area contributed by atoms with Crippen LogP contribution in [0.1, 0.15) is 49.4 Å². The standard InChI is InChI=1S/C14H16N2O4.C14H24N2S2.C5H12O.CH4S.Na/c17-13-15(5-7-19-13)9-11-3-1-2-4-12(11)10-16-6-8-20-14(16)18;1-17-9-7-15-11-13-5-3-4-6-14(13)12-16-8-10-18-2;1-4-5(2,3)6;1-2;/h1-4H,5-10H2;3-6,15-16H,7-12H2,1-2H3;6H,4H2,1-3H3;2H,1H3;/q;;;;+1/p-1. The molecule has 3 N–H and O–H groups in total. The average Bonchev–Trinajstić information content (AvgIpc) is 3.66. The van der Waals surface area contributed by atoms with Crippen molar-refractivity contribution in [2.24, 2.45) is 0 Å². The number of nitrogens with one attached hydrogen (secondary N) is 2. The van der Waals surface area contributed by atoms with Gasteiger partial charge in [-0.05, 0) is 55.0 Å². The first-order valence-corrected chi connectivity index (χ1v) is 19.3. The summed E-state index contributed by atoms with van der Waals surface area (Å²) in [6.07, 6.45) is 6.14. The van der Waals surface area contributed by atoms with E-state index in [1.165, 1.54) is 22.6 Å². The molecule has 0 radical (unpaired) electrons. The van der Waals surface area contributed by atoms with Gasteiger partial charge >= 0.3 is 41.7 Å². The fourth-order valence-corrected chi connectivity index (χ4v) is 4.81. The van der Waals surface area contributed by atoms with Crippen molar-refractivity contribution in [2.45, 2.75) is 59.0 Å². The van der Waals surface area contributed by atoms with Gasteiger partial charge < -0.3 is 47.6 Å². The quantitative estimate of drug-likeness (QED) is 0.145. The Balaban J connectivity index is 0.000000727. The maximum Gasteiger partial charge on any atom is 1.00 e. The fraction of sp³-hybridized carbons (Fsp3) is 0.588. The first-order valence-electron chi connectivity index (χ1n) is 15.7. The van der Waals surface area contributed by atoms with Crippen LogP contribution in [-0.2, 0) is 48.3 Å². The Kier molecular flexibility index (Phi) is 27.1. The Labute approximate surface area is 319 Å². The summed E-state index contributed by atoms with van der Waals surface area (Å²) in [6.45, 7) is 12.8. The minimum atomic E-state index is -0.458. The molecule has 0 bridgehead atoms. The topological polar surface area (TPSA) is 103 Å². The van der Waals surface area contributed by atoms with Gasteiger partial charge in [-0.25, -0.2) is 9.59 Å². The van der Waals surface area contributed by atoms with Crippen LogP contribution < -0.4 is 40.2 Å². The molecule has 0 spiro atoms. The fourth-order valence-electron chi connectivity index (χ4n) is 4.11. The second-order valence-corrected chi connectivity index (χ2v) is 13.1. The number of cyclic esters (lactones) is 2. The van der Waals surface area contributed by atoms with Gasteiger partial charge in [-0.3, -0.25) is 0 Å². The van der Waals surface area contributed by atoms with Gasteiger partial charge in [-0.15, -0.1) is 0 Å². The van der Waals surface area contributed by atoms with Crippen molar-refractivity contribution in [2.75, 3.05) is 69.7 Å². The summed E-state index contributed by atoms with van der Waals surface area (Å²) < 4.78 is 9.86. The van der Waals surface area contributed by atoms with Gasteiger partial charge in [0.2, 0.25) is 0 Å². The number of rotatable bonds is 15. The average molecular weight is 719 g/mol. The summed E-state index contributed by atoms with van der Waals surface area (Å²) in [7, 11) is 0. The predicted octanol–water partition coefficient (Wildman–Crippen LogP) is 2.52. The van der Waals surface area contributed by atoms with Crippen molar-refractivity contribution in [3.63, 3.8) is 0 Å². The van der Waals surface area contributed by atoms with E-state index in [0.29, 0.717) is 39.4 Å². The molecule has 2 saturated heterocycles. The number of aliphatic hydroxyl groups is 1.